The highest BCUT2D eigenvalue weighted by atomic mass is 28.3. The van der Waals surface area contributed by atoms with Crippen molar-refractivity contribution in [1.82, 2.24) is 0 Å². The van der Waals surface area contributed by atoms with Crippen LogP contribution in [0.1, 0.15) is 25.7 Å². The van der Waals surface area contributed by atoms with E-state index in [0.29, 0.717) is 0 Å². The monoisotopic (exact) mass is 211 g/mol. The summed E-state index contributed by atoms with van der Waals surface area (Å²) >= 11 is 0. The van der Waals surface area contributed by atoms with Crippen LogP contribution in [0.2, 0.25) is 19.6 Å². The number of rotatable bonds is 1. The van der Waals surface area contributed by atoms with Crippen LogP contribution in [-0.4, -0.2) is 19.5 Å². The number of allylic oxidation sites excluding steroid dienone is 1. The van der Waals surface area contributed by atoms with E-state index in [9.17, 15) is 5.11 Å². The molecule has 0 saturated heterocycles. The molecule has 0 aromatic rings. The van der Waals surface area contributed by atoms with Crippen LogP contribution in [0.4, 0.5) is 0 Å². The molecule has 1 aliphatic rings. The lowest BCUT2D eigenvalue weighted by Crippen LogP contribution is -2.19. The van der Waals surface area contributed by atoms with Crippen LogP contribution in [0.25, 0.3) is 0 Å². The van der Waals surface area contributed by atoms with Gasteiger partial charge in [0.2, 0.25) is 0 Å². The van der Waals surface area contributed by atoms with Gasteiger partial charge >= 0.3 is 0 Å². The van der Waals surface area contributed by atoms with E-state index < -0.39 is 5.60 Å². The summed E-state index contributed by atoms with van der Waals surface area (Å²) in [5, 5.41) is 17.8. The fraction of sp³-hybridized carbons (Fsp3) is 0.727. The number of aliphatic hydroxyl groups is 1. The zero-order valence-electron chi connectivity index (χ0n) is 9.45. The predicted molar refractivity (Wildman–Crippen MR) is 62.9 cm³/mol. The summed E-state index contributed by atoms with van der Waals surface area (Å²) in [7, 11) is -0.139. The van der Waals surface area contributed by atoms with E-state index in [1.54, 1.807) is 6.08 Å². The zero-order chi connectivity index (χ0) is 11.0. The fourth-order valence-electron chi connectivity index (χ4n) is 1.35. The van der Waals surface area contributed by atoms with E-state index in [1.165, 1.54) is 6.08 Å². The highest BCUT2D eigenvalue weighted by Gasteiger charge is 2.27. The molecule has 0 spiro atoms. The molecule has 2 nitrogen and oxygen atoms in total. The second kappa shape index (κ2) is 6.80. The molecule has 1 aliphatic carbocycles. The van der Waals surface area contributed by atoms with E-state index >= 15 is 0 Å². The molecule has 0 amide bonds. The molecule has 14 heavy (non-hydrogen) atoms. The molecule has 0 atom stereocenters. The van der Waals surface area contributed by atoms with E-state index in [-0.39, 0.29) is 8.80 Å². The van der Waals surface area contributed by atoms with Crippen molar-refractivity contribution in [3.63, 3.8) is 0 Å². The molecule has 80 valence electrons. The molecular weight excluding hydrogens is 190 g/mol. The van der Waals surface area contributed by atoms with Gasteiger partial charge in [0.05, 0.1) is 11.7 Å². The van der Waals surface area contributed by atoms with Crippen molar-refractivity contribution in [3.8, 4) is 6.07 Å². The zero-order valence-corrected chi connectivity index (χ0v) is 10.6. The maximum atomic E-state index is 9.58. The molecule has 0 heterocycles. The minimum atomic E-state index is -0.657. The van der Waals surface area contributed by atoms with Crippen molar-refractivity contribution < 1.29 is 5.11 Å². The summed E-state index contributed by atoms with van der Waals surface area (Å²) < 4.78 is 0. The highest BCUT2D eigenvalue weighted by molar-refractivity contribution is 6.54. The van der Waals surface area contributed by atoms with Crippen LogP contribution >= 0.6 is 0 Å². The normalized spacial score (nSPS) is 19.1. The molecule has 3 heteroatoms. The summed E-state index contributed by atoms with van der Waals surface area (Å²) in [5.41, 5.74) is -0.657. The Bertz CT molecular complexity index is 209. The summed E-state index contributed by atoms with van der Waals surface area (Å²) in [6, 6.07) is 1.88. The van der Waals surface area contributed by atoms with Crippen LogP contribution in [0.5, 0.6) is 0 Å². The van der Waals surface area contributed by atoms with Crippen LogP contribution in [0.15, 0.2) is 12.2 Å². The van der Waals surface area contributed by atoms with Gasteiger partial charge < -0.3 is 5.11 Å². The summed E-state index contributed by atoms with van der Waals surface area (Å²) in [5.74, 6) is 0. The first-order valence-corrected chi connectivity index (χ1v) is 8.76. The van der Waals surface area contributed by atoms with Crippen molar-refractivity contribution >= 4 is 8.80 Å². The molecule has 0 aromatic heterocycles. The van der Waals surface area contributed by atoms with Gasteiger partial charge in [-0.05, 0) is 18.9 Å². The van der Waals surface area contributed by atoms with Crippen molar-refractivity contribution in [2.24, 2.45) is 0 Å². The van der Waals surface area contributed by atoms with Crippen LogP contribution in [0.3, 0.4) is 0 Å². The number of nitrogens with zero attached hydrogens (tertiary/aromatic N) is 1. The van der Waals surface area contributed by atoms with Crippen LogP contribution in [-0.2, 0) is 0 Å². The van der Waals surface area contributed by atoms with Crippen LogP contribution in [0, 0.1) is 11.3 Å². The molecule has 0 unspecified atom stereocenters. The molecule has 0 bridgehead atoms. The second-order valence-corrected chi connectivity index (χ2v) is 7.97. The van der Waals surface area contributed by atoms with Gasteiger partial charge in [0.1, 0.15) is 0 Å². The summed E-state index contributed by atoms with van der Waals surface area (Å²) in [6.45, 7) is 6.92. The third kappa shape index (κ3) is 6.87. The second-order valence-electron chi connectivity index (χ2n) is 4.51. The lowest BCUT2D eigenvalue weighted by Gasteiger charge is -2.15. The van der Waals surface area contributed by atoms with Crippen molar-refractivity contribution in [2.75, 3.05) is 0 Å². The van der Waals surface area contributed by atoms with Crippen molar-refractivity contribution in [2.45, 2.75) is 50.9 Å². The van der Waals surface area contributed by atoms with Crippen LogP contribution < -0.4 is 0 Å². The van der Waals surface area contributed by atoms with Gasteiger partial charge in [-0.25, -0.2) is 0 Å². The average Bonchev–Trinajstić information content (AvgIpc) is 2.48. The fourth-order valence-corrected chi connectivity index (χ4v) is 1.35. The smallest absolute Gasteiger partial charge is 0.0909 e. The molecule has 0 aromatic carbocycles. The predicted octanol–water partition coefficient (Wildman–Crippen LogP) is 2.47. The highest BCUT2D eigenvalue weighted by Crippen LogP contribution is 2.30. The van der Waals surface area contributed by atoms with E-state index in [4.69, 9.17) is 5.26 Å². The molecule has 1 N–H and O–H groups in total. The lowest BCUT2D eigenvalue weighted by atomic mass is 10.0. The molecule has 0 radical (unpaired) electrons. The lowest BCUT2D eigenvalue weighted by molar-refractivity contribution is 0.0993. The first-order chi connectivity index (χ1) is 6.50. The first-order valence-electron chi connectivity index (χ1n) is 5.30. The van der Waals surface area contributed by atoms with E-state index in [0.717, 1.165) is 25.7 Å². The largest absolute Gasteiger partial charge is 0.386 e. The van der Waals surface area contributed by atoms with Gasteiger partial charge in [-0.3, -0.25) is 0 Å². The standard InChI is InChI=1S/C8H11NO.C3H10Si/c9-7-3-6-8(10)4-1-2-5-8;1-4(2)3/h3,6,10H,1-2,4-5H2;4H,1-3H3. The van der Waals surface area contributed by atoms with Crippen molar-refractivity contribution in [1.29, 1.82) is 5.26 Å². The number of hydrogen-bond acceptors (Lipinski definition) is 2. The third-order valence-corrected chi connectivity index (χ3v) is 1.94. The van der Waals surface area contributed by atoms with Gasteiger partial charge in [0, 0.05) is 14.9 Å². The van der Waals surface area contributed by atoms with E-state index in [2.05, 4.69) is 19.6 Å². The van der Waals surface area contributed by atoms with Crippen molar-refractivity contribution in [3.05, 3.63) is 12.2 Å². The van der Waals surface area contributed by atoms with Gasteiger partial charge in [-0.1, -0.05) is 32.5 Å². The van der Waals surface area contributed by atoms with E-state index in [1.807, 2.05) is 6.07 Å². The Kier molecular flexibility index (Phi) is 6.51. The summed E-state index contributed by atoms with van der Waals surface area (Å²) in [4.78, 5) is 0. The third-order valence-electron chi connectivity index (χ3n) is 1.94. The minimum absolute atomic E-state index is 0.139. The maximum absolute atomic E-state index is 9.58. The minimum Gasteiger partial charge on any atom is -0.386 e. The molecule has 1 saturated carbocycles. The first kappa shape index (κ1) is 13.4. The summed E-state index contributed by atoms with van der Waals surface area (Å²) in [6.07, 6.45) is 6.75. The topological polar surface area (TPSA) is 44.0 Å². The molecule has 1 rings (SSSR count). The number of hydrogen-bond donors (Lipinski definition) is 1. The molecular formula is C11H21NOSi. The van der Waals surface area contributed by atoms with Gasteiger partial charge in [-0.15, -0.1) is 0 Å². The SMILES string of the molecule is C[SiH](C)C.N#CC=CC1(O)CCCC1. The average molecular weight is 211 g/mol. The quantitative estimate of drug-likeness (QED) is 0.535. The molecule has 0 aliphatic heterocycles. The Morgan fingerprint density at radius 1 is 1.29 bits per heavy atom. The Morgan fingerprint density at radius 3 is 2.07 bits per heavy atom. The Balaban J connectivity index is 0.000000364. The Labute approximate surface area is 88.9 Å². The van der Waals surface area contributed by atoms with Gasteiger partial charge in [0.25, 0.3) is 0 Å². The Morgan fingerprint density at radius 2 is 1.71 bits per heavy atom. The Hall–Kier alpha value is -0.593. The maximum Gasteiger partial charge on any atom is 0.0909 e. The van der Waals surface area contributed by atoms with Gasteiger partial charge in [0.15, 0.2) is 0 Å². The molecule has 1 fully saturated rings. The number of nitriles is 1. The van der Waals surface area contributed by atoms with Gasteiger partial charge in [-0.2, -0.15) is 5.26 Å².